The van der Waals surface area contributed by atoms with E-state index in [1.165, 1.54) is 19.3 Å². The molecule has 0 N–H and O–H groups in total. The van der Waals surface area contributed by atoms with Crippen LogP contribution in [-0.4, -0.2) is 26.1 Å². The van der Waals surface area contributed by atoms with Crippen molar-refractivity contribution >= 4 is 32.5 Å². The Labute approximate surface area is 164 Å². The molecule has 0 radical (unpaired) electrons. The van der Waals surface area contributed by atoms with Crippen LogP contribution in [0.2, 0.25) is 0 Å². The monoisotopic (exact) mass is 392 g/mol. The van der Waals surface area contributed by atoms with Gasteiger partial charge in [0.1, 0.15) is 0 Å². The highest BCUT2D eigenvalue weighted by Gasteiger charge is 2.42. The molecule has 144 valence electrons. The van der Waals surface area contributed by atoms with Gasteiger partial charge in [-0.05, 0) is 48.6 Å². The van der Waals surface area contributed by atoms with E-state index in [1.807, 2.05) is 18.2 Å². The molecule has 5 heteroatoms. The lowest BCUT2D eigenvalue weighted by Gasteiger charge is -2.46. The minimum absolute atomic E-state index is 0.376. The third-order valence-electron chi connectivity index (χ3n) is 5.95. The van der Waals surface area contributed by atoms with Crippen molar-refractivity contribution in [1.82, 2.24) is 9.29 Å². The van der Waals surface area contributed by atoms with Crippen LogP contribution in [0.25, 0.3) is 10.2 Å². The molecule has 26 heavy (non-hydrogen) atoms. The summed E-state index contributed by atoms with van der Waals surface area (Å²) in [6.45, 7) is 12.3. The summed E-state index contributed by atoms with van der Waals surface area (Å²) in [6, 6.07) is 8.48. The third kappa shape index (κ3) is 3.90. The number of fused-ring (bicyclic) bond motifs is 1. The molecule has 1 aliphatic carbocycles. The average molecular weight is 393 g/mol. The van der Waals surface area contributed by atoms with Gasteiger partial charge >= 0.3 is 0 Å². The summed E-state index contributed by atoms with van der Waals surface area (Å²) in [5, 5.41) is 0. The molecular formula is C21H32N2OS2. The Hall–Kier alpha value is -0.780. The smallest absolute Gasteiger partial charge is 0.197 e. The normalized spacial score (nSPS) is 25.5. The molecule has 0 bridgehead atoms. The number of thiazole rings is 1. The minimum Gasteiger partial charge on any atom is -0.235 e. The standard InChI is InChI=1S/C21H32N2OS2/c1-6-23(20-16(14(2)3)10-9-11-17(20)15(4)5)26(24)21-22-18-12-7-8-13-19(18)25-21/h7-8,12-17,20H,6,9-11H2,1-5H3. The van der Waals surface area contributed by atoms with Crippen LogP contribution in [0.5, 0.6) is 0 Å². The van der Waals surface area contributed by atoms with Crippen LogP contribution >= 0.6 is 11.3 Å². The van der Waals surface area contributed by atoms with Crippen molar-refractivity contribution in [3.05, 3.63) is 24.3 Å². The van der Waals surface area contributed by atoms with Gasteiger partial charge in [-0.1, -0.05) is 53.2 Å². The fraction of sp³-hybridized carbons (Fsp3) is 0.667. The molecule has 2 aromatic rings. The highest BCUT2D eigenvalue weighted by atomic mass is 32.2. The van der Waals surface area contributed by atoms with Gasteiger partial charge in [0.2, 0.25) is 0 Å². The number of para-hydroxylation sites is 1. The maximum atomic E-state index is 13.6. The summed E-state index contributed by atoms with van der Waals surface area (Å²) >= 11 is 1.58. The van der Waals surface area contributed by atoms with E-state index in [0.717, 1.165) is 21.1 Å². The van der Waals surface area contributed by atoms with Gasteiger partial charge < -0.3 is 0 Å². The maximum absolute atomic E-state index is 13.6. The summed E-state index contributed by atoms with van der Waals surface area (Å²) in [5.74, 6) is 2.44. The van der Waals surface area contributed by atoms with Gasteiger partial charge in [0, 0.05) is 12.6 Å². The van der Waals surface area contributed by atoms with E-state index in [9.17, 15) is 4.21 Å². The van der Waals surface area contributed by atoms with Crippen LogP contribution in [-0.2, 0) is 11.0 Å². The molecule has 3 nitrogen and oxygen atoms in total. The quantitative estimate of drug-likeness (QED) is 0.628. The molecule has 1 heterocycles. The Bertz CT molecular complexity index is 706. The third-order valence-corrected chi connectivity index (χ3v) is 8.77. The van der Waals surface area contributed by atoms with Gasteiger partial charge in [-0.3, -0.25) is 0 Å². The summed E-state index contributed by atoms with van der Waals surface area (Å²) in [7, 11) is -1.19. The Kier molecular flexibility index (Phi) is 6.52. The number of hydrogen-bond acceptors (Lipinski definition) is 3. The SMILES string of the molecule is CCN(C1C(C(C)C)CCCC1C(C)C)S(=O)c1nc2ccccc2s1. The first kappa shape index (κ1) is 20.0. The highest BCUT2D eigenvalue weighted by molar-refractivity contribution is 7.85. The number of aromatic nitrogens is 1. The first-order chi connectivity index (χ1) is 12.4. The second-order valence-electron chi connectivity index (χ2n) is 8.17. The molecular weight excluding hydrogens is 360 g/mol. The van der Waals surface area contributed by atoms with Crippen LogP contribution in [0.15, 0.2) is 28.6 Å². The van der Waals surface area contributed by atoms with E-state index < -0.39 is 11.0 Å². The molecule has 1 aromatic heterocycles. The molecule has 3 rings (SSSR count). The largest absolute Gasteiger partial charge is 0.235 e. The predicted molar refractivity (Wildman–Crippen MR) is 113 cm³/mol. The summed E-state index contributed by atoms with van der Waals surface area (Å²) in [6.07, 6.45) is 3.80. The van der Waals surface area contributed by atoms with Crippen molar-refractivity contribution < 1.29 is 4.21 Å². The molecule has 0 aliphatic heterocycles. The Balaban J connectivity index is 1.96. The average Bonchev–Trinajstić information content (AvgIpc) is 3.06. The van der Waals surface area contributed by atoms with Gasteiger partial charge in [0.25, 0.3) is 0 Å². The van der Waals surface area contributed by atoms with Gasteiger partial charge in [-0.25, -0.2) is 13.5 Å². The van der Waals surface area contributed by atoms with E-state index in [-0.39, 0.29) is 0 Å². The van der Waals surface area contributed by atoms with Crippen LogP contribution < -0.4 is 0 Å². The van der Waals surface area contributed by atoms with Gasteiger partial charge in [0.05, 0.1) is 10.2 Å². The molecule has 1 aliphatic rings. The molecule has 0 amide bonds. The zero-order valence-electron chi connectivity index (χ0n) is 16.6. The lowest BCUT2D eigenvalue weighted by Crippen LogP contribution is -2.51. The fourth-order valence-electron chi connectivity index (χ4n) is 4.60. The van der Waals surface area contributed by atoms with E-state index in [2.05, 4.69) is 45.0 Å². The first-order valence-electron chi connectivity index (χ1n) is 9.98. The van der Waals surface area contributed by atoms with Crippen molar-refractivity contribution in [3.8, 4) is 0 Å². The first-order valence-corrected chi connectivity index (χ1v) is 11.9. The summed E-state index contributed by atoms with van der Waals surface area (Å²) < 4.78 is 17.7. The Morgan fingerprint density at radius 3 is 2.31 bits per heavy atom. The molecule has 3 unspecified atom stereocenters. The molecule has 0 spiro atoms. The van der Waals surface area contributed by atoms with Gasteiger partial charge in [0.15, 0.2) is 15.3 Å². The zero-order valence-corrected chi connectivity index (χ0v) is 18.3. The molecule has 1 aromatic carbocycles. The van der Waals surface area contributed by atoms with E-state index in [0.29, 0.717) is 29.7 Å². The van der Waals surface area contributed by atoms with Gasteiger partial charge in [-0.15, -0.1) is 11.3 Å². The van der Waals surface area contributed by atoms with Crippen molar-refractivity contribution in [2.45, 2.75) is 64.3 Å². The summed E-state index contributed by atoms with van der Waals surface area (Å²) in [4.78, 5) is 4.69. The Morgan fingerprint density at radius 2 is 1.77 bits per heavy atom. The van der Waals surface area contributed by atoms with Crippen LogP contribution in [0, 0.1) is 23.7 Å². The lowest BCUT2D eigenvalue weighted by atomic mass is 9.68. The molecule has 1 saturated carbocycles. The topological polar surface area (TPSA) is 33.2 Å². The number of rotatable bonds is 6. The molecule has 3 atom stereocenters. The predicted octanol–water partition coefficient (Wildman–Crippen LogP) is 5.74. The number of hydrogen-bond donors (Lipinski definition) is 0. The number of benzene rings is 1. The fourth-order valence-corrected chi connectivity index (χ4v) is 7.28. The highest BCUT2D eigenvalue weighted by Crippen LogP contribution is 2.42. The van der Waals surface area contributed by atoms with Crippen LogP contribution in [0.1, 0.15) is 53.9 Å². The zero-order chi connectivity index (χ0) is 18.8. The van der Waals surface area contributed by atoms with Crippen molar-refractivity contribution in [3.63, 3.8) is 0 Å². The Morgan fingerprint density at radius 1 is 1.15 bits per heavy atom. The number of nitrogens with zero attached hydrogens (tertiary/aromatic N) is 2. The second kappa shape index (κ2) is 8.49. The van der Waals surface area contributed by atoms with Crippen molar-refractivity contribution in [1.29, 1.82) is 0 Å². The van der Waals surface area contributed by atoms with Crippen LogP contribution in [0.4, 0.5) is 0 Å². The van der Waals surface area contributed by atoms with Crippen molar-refractivity contribution in [2.24, 2.45) is 23.7 Å². The molecule has 1 fully saturated rings. The maximum Gasteiger partial charge on any atom is 0.197 e. The van der Waals surface area contributed by atoms with Gasteiger partial charge in [-0.2, -0.15) is 0 Å². The molecule has 0 saturated heterocycles. The lowest BCUT2D eigenvalue weighted by molar-refractivity contribution is 0.0666. The minimum atomic E-state index is -1.19. The van der Waals surface area contributed by atoms with Crippen LogP contribution in [0.3, 0.4) is 0 Å². The van der Waals surface area contributed by atoms with Crippen molar-refractivity contribution in [2.75, 3.05) is 6.54 Å². The second-order valence-corrected chi connectivity index (χ2v) is 10.8. The summed E-state index contributed by atoms with van der Waals surface area (Å²) in [5.41, 5.74) is 0.960. The van der Waals surface area contributed by atoms with E-state index >= 15 is 0 Å². The van der Waals surface area contributed by atoms with E-state index in [4.69, 9.17) is 4.98 Å². The van der Waals surface area contributed by atoms with E-state index in [1.54, 1.807) is 11.3 Å².